The van der Waals surface area contributed by atoms with E-state index in [9.17, 15) is 4.79 Å². The predicted octanol–water partition coefficient (Wildman–Crippen LogP) is 2.10. The first kappa shape index (κ1) is 12.9. The minimum atomic E-state index is -0.136. The van der Waals surface area contributed by atoms with Crippen molar-refractivity contribution in [2.45, 2.75) is 20.3 Å². The van der Waals surface area contributed by atoms with Crippen LogP contribution in [0.2, 0.25) is 0 Å². The van der Waals surface area contributed by atoms with E-state index in [4.69, 9.17) is 5.73 Å². The zero-order valence-corrected chi connectivity index (χ0v) is 11.9. The Hall–Kier alpha value is -1.56. The topological polar surface area (TPSA) is 76.7 Å². The first-order chi connectivity index (χ1) is 8.49. The zero-order chi connectivity index (χ0) is 13.3. The number of halogens is 1. The highest BCUT2D eigenvalue weighted by Gasteiger charge is 2.14. The minimum absolute atomic E-state index is 0.136. The van der Waals surface area contributed by atoms with Crippen LogP contribution < -0.4 is 11.3 Å². The van der Waals surface area contributed by atoms with Gasteiger partial charge < -0.3 is 5.73 Å². The Morgan fingerprint density at radius 1 is 1.50 bits per heavy atom. The molecule has 0 atom stereocenters. The Morgan fingerprint density at radius 2 is 2.22 bits per heavy atom. The summed E-state index contributed by atoms with van der Waals surface area (Å²) in [6, 6.07) is 3.42. The van der Waals surface area contributed by atoms with E-state index < -0.39 is 0 Å². The van der Waals surface area contributed by atoms with Crippen LogP contribution in [0.15, 0.2) is 27.6 Å². The number of hydrogen-bond acceptors (Lipinski definition) is 3. The van der Waals surface area contributed by atoms with E-state index in [0.29, 0.717) is 21.9 Å². The largest absolute Gasteiger partial charge is 0.397 e. The number of aromatic amines is 1. The first-order valence-corrected chi connectivity index (χ1v) is 6.49. The standard InChI is InChI=1S/C12H15BrN4O/c1-7(2)5-9-11(13)12(18)17(16-9)10-4-3-8(14)6-15-10/h3-4,6-7,16H,5,14H2,1-2H3. The van der Waals surface area contributed by atoms with Gasteiger partial charge in [0.05, 0.1) is 17.6 Å². The number of rotatable bonds is 3. The van der Waals surface area contributed by atoms with Crippen molar-refractivity contribution in [2.75, 3.05) is 5.73 Å². The molecule has 0 aliphatic rings. The summed E-state index contributed by atoms with van der Waals surface area (Å²) >= 11 is 3.32. The maximum Gasteiger partial charge on any atom is 0.287 e. The summed E-state index contributed by atoms with van der Waals surface area (Å²) in [5.41, 5.74) is 6.89. The molecule has 0 saturated carbocycles. The first-order valence-electron chi connectivity index (χ1n) is 5.70. The average molecular weight is 311 g/mol. The number of nitrogens with one attached hydrogen (secondary N) is 1. The highest BCUT2D eigenvalue weighted by Crippen LogP contribution is 2.15. The molecule has 6 heteroatoms. The number of aromatic nitrogens is 3. The Kier molecular flexibility index (Phi) is 3.56. The second-order valence-corrected chi connectivity index (χ2v) is 5.39. The second kappa shape index (κ2) is 4.97. The van der Waals surface area contributed by atoms with Crippen molar-refractivity contribution in [3.63, 3.8) is 0 Å². The lowest BCUT2D eigenvalue weighted by atomic mass is 10.1. The molecular formula is C12H15BrN4O. The van der Waals surface area contributed by atoms with Crippen LogP contribution in [0.5, 0.6) is 0 Å². The fraction of sp³-hybridized carbons (Fsp3) is 0.333. The quantitative estimate of drug-likeness (QED) is 0.911. The molecule has 3 N–H and O–H groups in total. The lowest BCUT2D eigenvalue weighted by molar-refractivity contribution is 0.625. The van der Waals surface area contributed by atoms with E-state index >= 15 is 0 Å². The van der Waals surface area contributed by atoms with Crippen molar-refractivity contribution < 1.29 is 0 Å². The van der Waals surface area contributed by atoms with E-state index in [2.05, 4.69) is 39.9 Å². The van der Waals surface area contributed by atoms with Gasteiger partial charge in [0, 0.05) is 0 Å². The number of nitrogens with zero attached hydrogens (tertiary/aromatic N) is 2. The van der Waals surface area contributed by atoms with Gasteiger partial charge in [-0.15, -0.1) is 0 Å². The van der Waals surface area contributed by atoms with Gasteiger partial charge in [0.1, 0.15) is 4.47 Å². The molecule has 18 heavy (non-hydrogen) atoms. The van der Waals surface area contributed by atoms with Crippen molar-refractivity contribution in [1.82, 2.24) is 14.8 Å². The van der Waals surface area contributed by atoms with Crippen molar-refractivity contribution in [2.24, 2.45) is 5.92 Å². The summed E-state index contributed by atoms with van der Waals surface area (Å²) in [6.45, 7) is 4.20. The van der Waals surface area contributed by atoms with Gasteiger partial charge in [0.2, 0.25) is 0 Å². The SMILES string of the molecule is CC(C)Cc1[nH]n(-c2ccc(N)cn2)c(=O)c1Br. The van der Waals surface area contributed by atoms with Crippen LogP contribution in [0.25, 0.3) is 5.82 Å². The van der Waals surface area contributed by atoms with Gasteiger partial charge in [0.25, 0.3) is 5.56 Å². The lowest BCUT2D eigenvalue weighted by Gasteiger charge is -2.03. The molecule has 2 rings (SSSR count). The van der Waals surface area contributed by atoms with Gasteiger partial charge in [0.15, 0.2) is 5.82 Å². The Bertz CT molecular complexity index is 598. The summed E-state index contributed by atoms with van der Waals surface area (Å²) in [5, 5.41) is 3.07. The van der Waals surface area contributed by atoms with Gasteiger partial charge in [-0.05, 0) is 40.4 Å². The van der Waals surface area contributed by atoms with Crippen LogP contribution in [0.1, 0.15) is 19.5 Å². The fourth-order valence-corrected chi connectivity index (χ4v) is 2.12. The number of nitrogen functional groups attached to an aromatic ring is 1. The highest BCUT2D eigenvalue weighted by molar-refractivity contribution is 9.10. The molecule has 0 radical (unpaired) electrons. The average Bonchev–Trinajstić information content (AvgIpc) is 2.58. The molecule has 0 spiro atoms. The fourth-order valence-electron chi connectivity index (χ4n) is 1.70. The molecule has 2 aromatic rings. The molecular weight excluding hydrogens is 296 g/mol. The summed E-state index contributed by atoms with van der Waals surface area (Å²) in [4.78, 5) is 16.2. The van der Waals surface area contributed by atoms with Crippen LogP contribution >= 0.6 is 15.9 Å². The van der Waals surface area contributed by atoms with Gasteiger partial charge in [-0.2, -0.15) is 0 Å². The van der Waals surface area contributed by atoms with Gasteiger partial charge >= 0.3 is 0 Å². The number of anilines is 1. The normalized spacial score (nSPS) is 11.1. The third kappa shape index (κ3) is 2.48. The Balaban J connectivity index is 2.46. The number of nitrogens with two attached hydrogens (primary N) is 1. The summed E-state index contributed by atoms with van der Waals surface area (Å²) < 4.78 is 1.98. The van der Waals surface area contributed by atoms with Crippen molar-refractivity contribution >= 4 is 21.6 Å². The van der Waals surface area contributed by atoms with Crippen molar-refractivity contribution in [3.8, 4) is 5.82 Å². The Morgan fingerprint density at radius 3 is 2.78 bits per heavy atom. The molecule has 0 aliphatic heterocycles. The van der Waals surface area contributed by atoms with Gasteiger partial charge in [-0.3, -0.25) is 9.89 Å². The zero-order valence-electron chi connectivity index (χ0n) is 10.3. The summed E-state index contributed by atoms with van der Waals surface area (Å²) in [6.07, 6.45) is 2.33. The molecule has 0 unspecified atom stereocenters. The van der Waals surface area contributed by atoms with E-state index in [0.717, 1.165) is 12.1 Å². The van der Waals surface area contributed by atoms with Crippen LogP contribution in [0.3, 0.4) is 0 Å². The third-order valence-corrected chi connectivity index (χ3v) is 3.33. The van der Waals surface area contributed by atoms with Crippen LogP contribution in [0.4, 0.5) is 5.69 Å². The molecule has 0 saturated heterocycles. The number of H-pyrrole nitrogens is 1. The van der Waals surface area contributed by atoms with Crippen LogP contribution in [-0.2, 0) is 6.42 Å². The minimum Gasteiger partial charge on any atom is -0.397 e. The lowest BCUT2D eigenvalue weighted by Crippen LogP contribution is -2.15. The molecule has 96 valence electrons. The van der Waals surface area contributed by atoms with Crippen molar-refractivity contribution in [3.05, 3.63) is 38.9 Å². The number of pyridine rings is 1. The van der Waals surface area contributed by atoms with Gasteiger partial charge in [-0.25, -0.2) is 9.67 Å². The van der Waals surface area contributed by atoms with E-state index in [1.54, 1.807) is 12.1 Å². The van der Waals surface area contributed by atoms with Gasteiger partial charge in [-0.1, -0.05) is 13.8 Å². The predicted molar refractivity (Wildman–Crippen MR) is 74.8 cm³/mol. The molecule has 0 amide bonds. The molecule has 0 fully saturated rings. The van der Waals surface area contributed by atoms with E-state index in [1.807, 2.05) is 0 Å². The maximum absolute atomic E-state index is 12.1. The van der Waals surface area contributed by atoms with E-state index in [-0.39, 0.29) is 5.56 Å². The molecule has 0 bridgehead atoms. The summed E-state index contributed by atoms with van der Waals surface area (Å²) in [7, 11) is 0. The highest BCUT2D eigenvalue weighted by atomic mass is 79.9. The van der Waals surface area contributed by atoms with Crippen LogP contribution in [0, 0.1) is 5.92 Å². The van der Waals surface area contributed by atoms with Crippen molar-refractivity contribution in [1.29, 1.82) is 0 Å². The summed E-state index contributed by atoms with van der Waals surface area (Å²) in [5.74, 6) is 0.997. The molecule has 0 aliphatic carbocycles. The van der Waals surface area contributed by atoms with Crippen LogP contribution in [-0.4, -0.2) is 14.8 Å². The smallest absolute Gasteiger partial charge is 0.287 e. The Labute approximate surface area is 113 Å². The molecule has 0 aromatic carbocycles. The monoisotopic (exact) mass is 310 g/mol. The molecule has 2 heterocycles. The number of hydrogen-bond donors (Lipinski definition) is 2. The molecule has 2 aromatic heterocycles. The van der Waals surface area contributed by atoms with E-state index in [1.165, 1.54) is 10.9 Å². The molecule has 5 nitrogen and oxygen atoms in total. The third-order valence-electron chi connectivity index (χ3n) is 2.51. The second-order valence-electron chi connectivity index (χ2n) is 4.59. The maximum atomic E-state index is 12.1.